The molecule has 0 radical (unpaired) electrons. The zero-order chi connectivity index (χ0) is 19.1. The minimum absolute atomic E-state index is 0.472. The molecule has 140 valence electrons. The molecular formula is C20H25N7. The summed E-state index contributed by atoms with van der Waals surface area (Å²) in [6, 6.07) is 9.48. The molecule has 0 aliphatic carbocycles. The molecule has 2 aromatic rings. The van der Waals surface area contributed by atoms with Crippen LogP contribution in [0.25, 0.3) is 5.57 Å². The minimum atomic E-state index is 0.472. The van der Waals surface area contributed by atoms with Gasteiger partial charge in [-0.15, -0.1) is 0 Å². The van der Waals surface area contributed by atoms with Gasteiger partial charge in [0, 0.05) is 42.1 Å². The molecule has 0 amide bonds. The standard InChI is InChI=1S/C20H25N7/c1-14-2-5-18(13-23-12-14)26-20-24-9-8-19(27-20)25-17-6-3-15(4-7-17)16(10-21)11-22/h3-4,6-11,14,21,23H,2,5,12-13,22H2,1H3,(H,24,25,27)/b16-11+,21-10?,26-18?. The lowest BCUT2D eigenvalue weighted by molar-refractivity contribution is 0.527. The van der Waals surface area contributed by atoms with E-state index in [0.717, 1.165) is 42.9 Å². The van der Waals surface area contributed by atoms with Crippen LogP contribution < -0.4 is 16.4 Å². The number of anilines is 2. The van der Waals surface area contributed by atoms with Crippen molar-refractivity contribution >= 4 is 35.0 Å². The molecule has 5 N–H and O–H groups in total. The Kier molecular flexibility index (Phi) is 6.27. The molecule has 0 spiro atoms. The van der Waals surface area contributed by atoms with Gasteiger partial charge in [0.25, 0.3) is 5.95 Å². The number of aromatic nitrogens is 2. The maximum atomic E-state index is 7.36. The van der Waals surface area contributed by atoms with Crippen molar-refractivity contribution in [1.29, 1.82) is 5.41 Å². The summed E-state index contributed by atoms with van der Waals surface area (Å²) in [5.41, 5.74) is 9.07. The van der Waals surface area contributed by atoms with Gasteiger partial charge in [-0.2, -0.15) is 4.98 Å². The average Bonchev–Trinajstić information content (AvgIpc) is 2.89. The Morgan fingerprint density at radius 1 is 1.33 bits per heavy atom. The molecule has 0 saturated carbocycles. The second-order valence-electron chi connectivity index (χ2n) is 6.66. The first-order valence-electron chi connectivity index (χ1n) is 9.08. The number of nitrogens with one attached hydrogen (secondary N) is 3. The Hall–Kier alpha value is -3.06. The van der Waals surface area contributed by atoms with Crippen LogP contribution in [0.1, 0.15) is 25.3 Å². The van der Waals surface area contributed by atoms with E-state index in [1.54, 1.807) is 6.20 Å². The van der Waals surface area contributed by atoms with Gasteiger partial charge in [-0.1, -0.05) is 19.1 Å². The van der Waals surface area contributed by atoms with E-state index in [1.165, 1.54) is 12.4 Å². The molecule has 7 nitrogen and oxygen atoms in total. The normalized spacial score (nSPS) is 19.5. The summed E-state index contributed by atoms with van der Waals surface area (Å²) in [4.78, 5) is 13.4. The van der Waals surface area contributed by atoms with Crippen LogP contribution in [0, 0.1) is 11.3 Å². The van der Waals surface area contributed by atoms with E-state index in [-0.39, 0.29) is 0 Å². The molecule has 1 aromatic carbocycles. The van der Waals surface area contributed by atoms with Crippen molar-refractivity contribution in [2.75, 3.05) is 18.4 Å². The quantitative estimate of drug-likeness (QED) is 0.609. The fraction of sp³-hybridized carbons (Fsp3) is 0.300. The van der Waals surface area contributed by atoms with E-state index < -0.39 is 0 Å². The lowest BCUT2D eigenvalue weighted by Crippen LogP contribution is -2.22. The molecule has 2 heterocycles. The summed E-state index contributed by atoms with van der Waals surface area (Å²) in [7, 11) is 0. The van der Waals surface area contributed by atoms with Gasteiger partial charge >= 0.3 is 0 Å². The van der Waals surface area contributed by atoms with Gasteiger partial charge < -0.3 is 21.8 Å². The third kappa shape index (κ3) is 5.21. The van der Waals surface area contributed by atoms with Crippen molar-refractivity contribution in [1.82, 2.24) is 15.3 Å². The highest BCUT2D eigenvalue weighted by Crippen LogP contribution is 2.20. The molecule has 1 aliphatic rings. The van der Waals surface area contributed by atoms with Crippen LogP contribution >= 0.6 is 0 Å². The van der Waals surface area contributed by atoms with E-state index in [2.05, 4.69) is 32.5 Å². The monoisotopic (exact) mass is 363 g/mol. The third-order valence-electron chi connectivity index (χ3n) is 4.47. The van der Waals surface area contributed by atoms with Gasteiger partial charge in [-0.05, 0) is 49.1 Å². The zero-order valence-electron chi connectivity index (χ0n) is 15.4. The Morgan fingerprint density at radius 2 is 2.15 bits per heavy atom. The number of benzene rings is 1. The van der Waals surface area contributed by atoms with Crippen molar-refractivity contribution in [2.24, 2.45) is 16.6 Å². The fourth-order valence-corrected chi connectivity index (χ4v) is 2.90. The first kappa shape index (κ1) is 18.7. The number of rotatable bonds is 5. The Bertz CT molecular complexity index is 840. The van der Waals surface area contributed by atoms with Crippen LogP contribution in [0.4, 0.5) is 17.5 Å². The summed E-state index contributed by atoms with van der Waals surface area (Å²) < 4.78 is 0. The van der Waals surface area contributed by atoms with Crippen molar-refractivity contribution in [3.63, 3.8) is 0 Å². The molecule has 1 saturated heterocycles. The number of aliphatic imine (C=N–C) groups is 1. The third-order valence-corrected chi connectivity index (χ3v) is 4.47. The van der Waals surface area contributed by atoms with Crippen LogP contribution in [-0.4, -0.2) is 35.0 Å². The van der Waals surface area contributed by atoms with Crippen LogP contribution in [0.3, 0.4) is 0 Å². The summed E-state index contributed by atoms with van der Waals surface area (Å²) in [5.74, 6) is 1.82. The predicted molar refractivity (Wildman–Crippen MR) is 111 cm³/mol. The van der Waals surface area contributed by atoms with Crippen molar-refractivity contribution < 1.29 is 0 Å². The first-order valence-corrected chi connectivity index (χ1v) is 9.08. The molecular weight excluding hydrogens is 338 g/mol. The number of nitrogens with zero attached hydrogens (tertiary/aromatic N) is 3. The molecule has 27 heavy (non-hydrogen) atoms. The van der Waals surface area contributed by atoms with Crippen LogP contribution in [0.5, 0.6) is 0 Å². The first-order chi connectivity index (χ1) is 13.2. The van der Waals surface area contributed by atoms with Crippen LogP contribution in [0.15, 0.2) is 47.7 Å². The smallest absolute Gasteiger partial charge is 0.251 e. The summed E-state index contributed by atoms with van der Waals surface area (Å²) in [5, 5.41) is 14.0. The molecule has 0 bridgehead atoms. The largest absolute Gasteiger partial charge is 0.404 e. The highest BCUT2D eigenvalue weighted by molar-refractivity contribution is 6.08. The summed E-state index contributed by atoms with van der Waals surface area (Å²) >= 11 is 0. The molecule has 7 heteroatoms. The van der Waals surface area contributed by atoms with E-state index in [1.807, 2.05) is 30.3 Å². The van der Waals surface area contributed by atoms with Gasteiger partial charge in [0.15, 0.2) is 0 Å². The highest BCUT2D eigenvalue weighted by atomic mass is 15.1. The fourth-order valence-electron chi connectivity index (χ4n) is 2.90. The lowest BCUT2D eigenvalue weighted by Gasteiger charge is -2.08. The Balaban J connectivity index is 1.71. The second-order valence-corrected chi connectivity index (χ2v) is 6.66. The molecule has 3 rings (SSSR count). The van der Waals surface area contributed by atoms with Gasteiger partial charge in [0.2, 0.25) is 0 Å². The second kappa shape index (κ2) is 9.05. The SMILES string of the molecule is CC1CCC(=Nc2nccc(Nc3ccc(/C(C=N)=C/N)cc3)n2)CNC1. The molecule has 1 fully saturated rings. The van der Waals surface area contributed by atoms with Gasteiger partial charge in [-0.25, -0.2) is 9.98 Å². The minimum Gasteiger partial charge on any atom is -0.404 e. The highest BCUT2D eigenvalue weighted by Gasteiger charge is 2.11. The van der Waals surface area contributed by atoms with Gasteiger partial charge in [0.1, 0.15) is 5.82 Å². The van der Waals surface area contributed by atoms with Gasteiger partial charge in [-0.3, -0.25) is 0 Å². The number of hydrogen-bond donors (Lipinski definition) is 4. The molecule has 1 aliphatic heterocycles. The lowest BCUT2D eigenvalue weighted by atomic mass is 10.1. The number of hydrogen-bond acceptors (Lipinski definition) is 7. The van der Waals surface area contributed by atoms with Crippen molar-refractivity contribution in [2.45, 2.75) is 19.8 Å². The van der Waals surface area contributed by atoms with Crippen LogP contribution in [-0.2, 0) is 0 Å². The predicted octanol–water partition coefficient (Wildman–Crippen LogP) is 3.26. The Morgan fingerprint density at radius 3 is 2.89 bits per heavy atom. The van der Waals surface area contributed by atoms with E-state index in [9.17, 15) is 0 Å². The Labute approximate surface area is 159 Å². The van der Waals surface area contributed by atoms with Crippen LogP contribution in [0.2, 0.25) is 0 Å². The number of allylic oxidation sites excluding steroid dienone is 1. The van der Waals surface area contributed by atoms with Gasteiger partial charge in [0.05, 0.1) is 0 Å². The van der Waals surface area contributed by atoms with E-state index in [4.69, 9.17) is 11.1 Å². The van der Waals surface area contributed by atoms with E-state index >= 15 is 0 Å². The maximum absolute atomic E-state index is 7.36. The molecule has 1 unspecified atom stereocenters. The molecule has 1 atom stereocenters. The van der Waals surface area contributed by atoms with Crippen molar-refractivity contribution in [3.05, 3.63) is 48.3 Å². The summed E-state index contributed by atoms with van der Waals surface area (Å²) in [6.45, 7) is 4.06. The average molecular weight is 363 g/mol. The maximum Gasteiger partial charge on any atom is 0.251 e. The number of nitrogens with two attached hydrogens (primary N) is 1. The summed E-state index contributed by atoms with van der Waals surface area (Å²) in [6.07, 6.45) is 6.47. The molecule has 1 aromatic heterocycles. The zero-order valence-corrected chi connectivity index (χ0v) is 15.4. The topological polar surface area (TPSA) is 112 Å². The van der Waals surface area contributed by atoms with Crippen molar-refractivity contribution in [3.8, 4) is 0 Å². The van der Waals surface area contributed by atoms with E-state index in [0.29, 0.717) is 23.3 Å².